The summed E-state index contributed by atoms with van der Waals surface area (Å²) in [5, 5.41) is 9.92. The summed E-state index contributed by atoms with van der Waals surface area (Å²) < 4.78 is 0.813. The molecule has 0 saturated heterocycles. The number of halogens is 1. The number of rotatable bonds is 10. The molecule has 0 spiro atoms. The second kappa shape index (κ2) is 9.82. The summed E-state index contributed by atoms with van der Waals surface area (Å²) in [6.07, 6.45) is 10.6. The zero-order chi connectivity index (χ0) is 13.2. The largest absolute Gasteiger partial charge is 0.393 e. The van der Waals surface area contributed by atoms with Crippen molar-refractivity contribution in [1.29, 1.82) is 0 Å². The fourth-order valence-corrected chi connectivity index (χ4v) is 3.29. The third kappa shape index (κ3) is 7.40. The van der Waals surface area contributed by atoms with Gasteiger partial charge >= 0.3 is 0 Å². The molecule has 1 aromatic heterocycles. The summed E-state index contributed by atoms with van der Waals surface area (Å²) in [7, 11) is 0. The molecule has 1 rings (SSSR count). The Kier molecular flexibility index (Phi) is 8.74. The molecule has 1 aromatic rings. The van der Waals surface area contributed by atoms with Gasteiger partial charge in [-0.3, -0.25) is 0 Å². The molecular weight excluding hydrogens is 264 g/mol. The average molecular weight is 289 g/mol. The Morgan fingerprint density at radius 2 is 1.78 bits per heavy atom. The molecule has 1 nitrogen and oxygen atoms in total. The van der Waals surface area contributed by atoms with Crippen molar-refractivity contribution in [2.45, 2.75) is 70.8 Å². The van der Waals surface area contributed by atoms with Gasteiger partial charge in [-0.15, -0.1) is 11.3 Å². The molecule has 104 valence electrons. The maximum absolute atomic E-state index is 9.92. The van der Waals surface area contributed by atoms with E-state index in [1.165, 1.54) is 43.4 Å². The van der Waals surface area contributed by atoms with Crippen LogP contribution in [0.5, 0.6) is 0 Å². The number of aliphatic hydroxyl groups is 1. The van der Waals surface area contributed by atoms with Gasteiger partial charge in [0.05, 0.1) is 10.4 Å². The van der Waals surface area contributed by atoms with Gasteiger partial charge < -0.3 is 5.11 Å². The highest BCUT2D eigenvalue weighted by molar-refractivity contribution is 7.16. The second-order valence-electron chi connectivity index (χ2n) is 4.97. The molecule has 0 aliphatic carbocycles. The summed E-state index contributed by atoms with van der Waals surface area (Å²) in [6.45, 7) is 2.24. The lowest BCUT2D eigenvalue weighted by atomic mass is 10.0. The van der Waals surface area contributed by atoms with Crippen LogP contribution in [0.4, 0.5) is 0 Å². The molecule has 1 heterocycles. The van der Waals surface area contributed by atoms with Crippen LogP contribution in [-0.2, 0) is 6.42 Å². The van der Waals surface area contributed by atoms with E-state index in [1.807, 2.05) is 12.1 Å². The quantitative estimate of drug-likeness (QED) is 0.568. The van der Waals surface area contributed by atoms with Crippen molar-refractivity contribution < 1.29 is 5.11 Å². The number of hydrogen-bond acceptors (Lipinski definition) is 2. The zero-order valence-corrected chi connectivity index (χ0v) is 12.9. The first-order valence-corrected chi connectivity index (χ1v) is 8.34. The molecule has 3 heteroatoms. The van der Waals surface area contributed by atoms with E-state index in [0.29, 0.717) is 0 Å². The van der Waals surface area contributed by atoms with E-state index >= 15 is 0 Å². The van der Waals surface area contributed by atoms with Crippen molar-refractivity contribution in [3.63, 3.8) is 0 Å². The van der Waals surface area contributed by atoms with Crippen molar-refractivity contribution >= 4 is 22.9 Å². The molecule has 1 unspecified atom stereocenters. The Bertz CT molecular complexity index is 311. The van der Waals surface area contributed by atoms with Crippen molar-refractivity contribution in [2.75, 3.05) is 0 Å². The van der Waals surface area contributed by atoms with Crippen molar-refractivity contribution in [1.82, 2.24) is 0 Å². The molecule has 18 heavy (non-hydrogen) atoms. The Labute approximate surface area is 120 Å². The van der Waals surface area contributed by atoms with E-state index in [4.69, 9.17) is 11.6 Å². The van der Waals surface area contributed by atoms with Crippen LogP contribution in [0, 0.1) is 0 Å². The van der Waals surface area contributed by atoms with E-state index in [9.17, 15) is 5.11 Å². The van der Waals surface area contributed by atoms with Gasteiger partial charge in [-0.05, 0) is 18.6 Å². The predicted octanol–water partition coefficient (Wildman–Crippen LogP) is 5.45. The summed E-state index contributed by atoms with van der Waals surface area (Å²) in [5.74, 6) is 0. The Balaban J connectivity index is 1.98. The standard InChI is InChI=1S/C15H25ClOS/c1-2-3-4-5-6-7-8-9-13(17)12-14-10-11-15(16)18-14/h10-11,13,17H,2-9,12H2,1H3. The summed E-state index contributed by atoms with van der Waals surface area (Å²) in [4.78, 5) is 1.19. The van der Waals surface area contributed by atoms with E-state index in [1.54, 1.807) is 11.3 Å². The minimum Gasteiger partial charge on any atom is -0.393 e. The Hall–Kier alpha value is -0.0500. The van der Waals surface area contributed by atoms with Crippen LogP contribution in [0.2, 0.25) is 4.34 Å². The van der Waals surface area contributed by atoms with E-state index in [-0.39, 0.29) is 6.10 Å². The number of hydrogen-bond donors (Lipinski definition) is 1. The third-order valence-corrected chi connectivity index (χ3v) is 4.46. The van der Waals surface area contributed by atoms with Gasteiger partial charge in [-0.2, -0.15) is 0 Å². The molecule has 0 bridgehead atoms. The van der Waals surface area contributed by atoms with Gasteiger partial charge in [-0.1, -0.05) is 63.5 Å². The lowest BCUT2D eigenvalue weighted by Crippen LogP contribution is -2.09. The molecule has 0 aliphatic rings. The van der Waals surface area contributed by atoms with Gasteiger partial charge in [0.1, 0.15) is 0 Å². The zero-order valence-electron chi connectivity index (χ0n) is 11.3. The van der Waals surface area contributed by atoms with Crippen molar-refractivity contribution in [3.8, 4) is 0 Å². The lowest BCUT2D eigenvalue weighted by Gasteiger charge is -2.08. The van der Waals surface area contributed by atoms with E-state index in [2.05, 4.69) is 6.92 Å². The van der Waals surface area contributed by atoms with Gasteiger partial charge in [0, 0.05) is 11.3 Å². The van der Waals surface area contributed by atoms with Crippen molar-refractivity contribution in [2.24, 2.45) is 0 Å². The van der Waals surface area contributed by atoms with E-state index in [0.717, 1.165) is 23.6 Å². The first-order chi connectivity index (χ1) is 8.72. The van der Waals surface area contributed by atoms with Crippen LogP contribution in [-0.4, -0.2) is 11.2 Å². The minimum absolute atomic E-state index is 0.199. The highest BCUT2D eigenvalue weighted by Crippen LogP contribution is 2.23. The molecule has 0 radical (unpaired) electrons. The third-order valence-electron chi connectivity index (χ3n) is 3.21. The van der Waals surface area contributed by atoms with Crippen LogP contribution in [0.3, 0.4) is 0 Å². The number of thiophene rings is 1. The molecule has 0 saturated carbocycles. The second-order valence-corrected chi connectivity index (χ2v) is 6.77. The van der Waals surface area contributed by atoms with Crippen LogP contribution in [0.1, 0.15) is 63.2 Å². The van der Waals surface area contributed by atoms with E-state index < -0.39 is 0 Å². The molecule has 0 amide bonds. The van der Waals surface area contributed by atoms with Gasteiger partial charge in [0.25, 0.3) is 0 Å². The molecular formula is C15H25ClOS. The van der Waals surface area contributed by atoms with Crippen LogP contribution in [0.25, 0.3) is 0 Å². The summed E-state index contributed by atoms with van der Waals surface area (Å²) in [6, 6.07) is 3.92. The fourth-order valence-electron chi connectivity index (χ4n) is 2.13. The maximum atomic E-state index is 9.92. The monoisotopic (exact) mass is 288 g/mol. The molecule has 1 N–H and O–H groups in total. The SMILES string of the molecule is CCCCCCCCCC(O)Cc1ccc(Cl)s1. The topological polar surface area (TPSA) is 20.2 Å². The lowest BCUT2D eigenvalue weighted by molar-refractivity contribution is 0.161. The normalized spacial score (nSPS) is 12.8. The van der Waals surface area contributed by atoms with Crippen LogP contribution in [0.15, 0.2) is 12.1 Å². The van der Waals surface area contributed by atoms with Gasteiger partial charge in [-0.25, -0.2) is 0 Å². The Morgan fingerprint density at radius 3 is 2.39 bits per heavy atom. The average Bonchev–Trinajstić information content (AvgIpc) is 2.73. The molecule has 0 aliphatic heterocycles. The highest BCUT2D eigenvalue weighted by Gasteiger charge is 2.07. The molecule has 0 fully saturated rings. The van der Waals surface area contributed by atoms with Gasteiger partial charge in [0.2, 0.25) is 0 Å². The van der Waals surface area contributed by atoms with Crippen LogP contribution < -0.4 is 0 Å². The summed E-state index contributed by atoms with van der Waals surface area (Å²) in [5.41, 5.74) is 0. The maximum Gasteiger partial charge on any atom is 0.0931 e. The number of aliphatic hydroxyl groups excluding tert-OH is 1. The first-order valence-electron chi connectivity index (χ1n) is 7.14. The van der Waals surface area contributed by atoms with Crippen LogP contribution >= 0.6 is 22.9 Å². The Morgan fingerprint density at radius 1 is 1.11 bits per heavy atom. The predicted molar refractivity (Wildman–Crippen MR) is 81.6 cm³/mol. The van der Waals surface area contributed by atoms with Crippen molar-refractivity contribution in [3.05, 3.63) is 21.3 Å². The molecule has 1 atom stereocenters. The molecule has 0 aromatic carbocycles. The fraction of sp³-hybridized carbons (Fsp3) is 0.733. The highest BCUT2D eigenvalue weighted by atomic mass is 35.5. The smallest absolute Gasteiger partial charge is 0.0931 e. The summed E-state index contributed by atoms with van der Waals surface area (Å²) >= 11 is 7.44. The first kappa shape index (κ1) is 16.0. The van der Waals surface area contributed by atoms with Gasteiger partial charge in [0.15, 0.2) is 0 Å². The minimum atomic E-state index is -0.199. The number of unbranched alkanes of at least 4 members (excludes halogenated alkanes) is 6.